The molecule has 4 N–H and O–H groups in total. The van der Waals surface area contributed by atoms with Gasteiger partial charge in [0, 0.05) is 25.8 Å². The molecule has 160 valence electrons. The van der Waals surface area contributed by atoms with Crippen LogP contribution in [0.3, 0.4) is 0 Å². The minimum absolute atomic E-state index is 0.207. The number of hydrogen-bond donors (Lipinski definition) is 4. The second kappa shape index (κ2) is 12.8. The Kier molecular flexibility index (Phi) is 11.1. The summed E-state index contributed by atoms with van der Waals surface area (Å²) < 4.78 is 5.01. The van der Waals surface area contributed by atoms with Crippen molar-refractivity contribution in [3.8, 4) is 0 Å². The third-order valence-corrected chi connectivity index (χ3v) is 5.21. The predicted octanol–water partition coefficient (Wildman–Crippen LogP) is 4.57. The fourth-order valence-electron chi connectivity index (χ4n) is 2.27. The maximum absolute atomic E-state index is 12.9. The summed E-state index contributed by atoms with van der Waals surface area (Å²) in [5.41, 5.74) is 2.45. The first kappa shape index (κ1) is 25.3. The second-order valence-corrected chi connectivity index (χ2v) is 7.49. The first-order valence-electron chi connectivity index (χ1n) is 9.08. The van der Waals surface area contributed by atoms with E-state index in [2.05, 4.69) is 16.0 Å². The Morgan fingerprint density at radius 2 is 1.86 bits per heavy atom. The van der Waals surface area contributed by atoms with Crippen molar-refractivity contribution in [1.82, 2.24) is 16.0 Å². The van der Waals surface area contributed by atoms with Gasteiger partial charge in [0.05, 0.1) is 16.7 Å². The Labute approximate surface area is 187 Å². The van der Waals surface area contributed by atoms with E-state index in [1.54, 1.807) is 26.2 Å². The molecular formula is C20H27Cl3N4O2. The van der Waals surface area contributed by atoms with E-state index in [-0.39, 0.29) is 10.9 Å². The van der Waals surface area contributed by atoms with E-state index < -0.39 is 5.91 Å². The van der Waals surface area contributed by atoms with Crippen LogP contribution in [-0.2, 0) is 16.1 Å². The molecule has 1 amide bonds. The fourth-order valence-corrected chi connectivity index (χ4v) is 2.68. The van der Waals surface area contributed by atoms with Gasteiger partial charge in [-0.1, -0.05) is 47.8 Å². The third kappa shape index (κ3) is 8.26. The molecule has 0 bridgehead atoms. The maximum Gasteiger partial charge on any atom is 0.273 e. The molecule has 0 aliphatic heterocycles. The lowest BCUT2D eigenvalue weighted by Crippen LogP contribution is -2.38. The van der Waals surface area contributed by atoms with Crippen LogP contribution < -0.4 is 16.0 Å². The first-order valence-corrected chi connectivity index (χ1v) is 10.2. The van der Waals surface area contributed by atoms with Crippen molar-refractivity contribution in [2.45, 2.75) is 33.7 Å². The molecule has 0 spiro atoms. The van der Waals surface area contributed by atoms with Gasteiger partial charge in [-0.05, 0) is 43.5 Å². The molecule has 0 saturated carbocycles. The number of nitrogens with one attached hydrogen (secondary N) is 4. The molecule has 0 fully saturated rings. The van der Waals surface area contributed by atoms with Crippen molar-refractivity contribution in [2.24, 2.45) is 0 Å². The molecule has 0 unspecified atom stereocenters. The Hall–Kier alpha value is -1.73. The highest BCUT2D eigenvalue weighted by Gasteiger charge is 2.17. The molecule has 1 rings (SSSR count). The Balaban J connectivity index is 3.00. The summed E-state index contributed by atoms with van der Waals surface area (Å²) in [4.78, 5) is 12.9. The van der Waals surface area contributed by atoms with Crippen molar-refractivity contribution in [2.75, 3.05) is 20.3 Å². The summed E-state index contributed by atoms with van der Waals surface area (Å²) in [5.74, 6) is 0.192. The zero-order valence-electron chi connectivity index (χ0n) is 17.0. The average molecular weight is 462 g/mol. The summed E-state index contributed by atoms with van der Waals surface area (Å²) in [5, 5.41) is 17.5. The first-order chi connectivity index (χ1) is 13.7. The highest BCUT2D eigenvalue weighted by atomic mass is 35.5. The molecule has 6 nitrogen and oxygen atoms in total. The SMILES string of the molecule is CCC(C)=C(NCc1ccc(Cl)c(Cl)c1)NC(=O)/C(NCCOC)=C(\C)C(=N)Cl. The summed E-state index contributed by atoms with van der Waals surface area (Å²) in [6, 6.07) is 5.36. The quantitative estimate of drug-likeness (QED) is 0.221. The molecule has 0 atom stereocenters. The minimum Gasteiger partial charge on any atom is -0.383 e. The molecule has 29 heavy (non-hydrogen) atoms. The van der Waals surface area contributed by atoms with Crippen molar-refractivity contribution < 1.29 is 9.53 Å². The van der Waals surface area contributed by atoms with Crippen LogP contribution in [0.4, 0.5) is 0 Å². The van der Waals surface area contributed by atoms with Gasteiger partial charge in [0.1, 0.15) is 16.7 Å². The standard InChI is InChI=1S/C20H27Cl3N4O2/c1-5-12(2)19(26-11-14-6-7-15(21)16(22)10-14)27-20(28)17(13(3)18(23)24)25-8-9-29-4/h6-7,10,24-26H,5,8-9,11H2,1-4H3,(H,27,28)/b17-13-,19-12?,24-18?. The number of amides is 1. The van der Waals surface area contributed by atoms with Crippen LogP contribution in [0.5, 0.6) is 0 Å². The van der Waals surface area contributed by atoms with E-state index in [0.29, 0.717) is 41.1 Å². The van der Waals surface area contributed by atoms with Crippen LogP contribution in [0.2, 0.25) is 10.0 Å². The number of methoxy groups -OCH3 is 1. The maximum atomic E-state index is 12.9. The van der Waals surface area contributed by atoms with Crippen LogP contribution in [0.25, 0.3) is 0 Å². The molecule has 0 heterocycles. The number of hydrogen-bond acceptors (Lipinski definition) is 5. The topological polar surface area (TPSA) is 86.2 Å². The largest absolute Gasteiger partial charge is 0.383 e. The fraction of sp³-hybridized carbons (Fsp3) is 0.400. The monoisotopic (exact) mass is 460 g/mol. The number of benzene rings is 1. The second-order valence-electron chi connectivity index (χ2n) is 6.30. The van der Waals surface area contributed by atoms with E-state index in [1.165, 1.54) is 0 Å². The molecular weight excluding hydrogens is 435 g/mol. The van der Waals surface area contributed by atoms with Gasteiger partial charge in [0.25, 0.3) is 5.91 Å². The normalized spacial score (nSPS) is 12.7. The molecule has 0 aromatic heterocycles. The Bertz CT molecular complexity index is 807. The van der Waals surface area contributed by atoms with Crippen molar-refractivity contribution in [3.05, 3.63) is 56.5 Å². The third-order valence-electron chi connectivity index (χ3n) is 4.19. The molecule has 1 aromatic rings. The lowest BCUT2D eigenvalue weighted by molar-refractivity contribution is -0.117. The van der Waals surface area contributed by atoms with Gasteiger partial charge < -0.3 is 20.7 Å². The van der Waals surface area contributed by atoms with Crippen LogP contribution in [0, 0.1) is 5.41 Å². The van der Waals surface area contributed by atoms with Crippen LogP contribution in [0.15, 0.2) is 40.9 Å². The summed E-state index contributed by atoms with van der Waals surface area (Å²) in [7, 11) is 1.57. The number of rotatable bonds is 11. The van der Waals surface area contributed by atoms with Crippen LogP contribution >= 0.6 is 34.8 Å². The predicted molar refractivity (Wildman–Crippen MR) is 121 cm³/mol. The van der Waals surface area contributed by atoms with Gasteiger partial charge in [-0.3, -0.25) is 10.2 Å². The number of carbonyl (C=O) groups is 1. The molecule has 0 aliphatic carbocycles. The molecule has 1 aromatic carbocycles. The van der Waals surface area contributed by atoms with Crippen LogP contribution in [0.1, 0.15) is 32.8 Å². The zero-order chi connectivity index (χ0) is 22.0. The van der Waals surface area contributed by atoms with E-state index >= 15 is 0 Å². The smallest absolute Gasteiger partial charge is 0.273 e. The van der Waals surface area contributed by atoms with Gasteiger partial charge >= 0.3 is 0 Å². The van der Waals surface area contributed by atoms with Gasteiger partial charge in [-0.15, -0.1) is 0 Å². The van der Waals surface area contributed by atoms with Gasteiger partial charge in [-0.2, -0.15) is 0 Å². The van der Waals surface area contributed by atoms with E-state index in [4.69, 9.17) is 44.9 Å². The molecule has 0 aliphatic rings. The highest BCUT2D eigenvalue weighted by Crippen LogP contribution is 2.22. The van der Waals surface area contributed by atoms with E-state index in [0.717, 1.165) is 17.6 Å². The van der Waals surface area contributed by atoms with Crippen molar-refractivity contribution in [3.63, 3.8) is 0 Å². The molecule has 9 heteroatoms. The van der Waals surface area contributed by atoms with E-state index in [9.17, 15) is 4.79 Å². The average Bonchev–Trinajstić information content (AvgIpc) is 2.69. The lowest BCUT2D eigenvalue weighted by atomic mass is 10.2. The summed E-state index contributed by atoms with van der Waals surface area (Å²) >= 11 is 17.8. The van der Waals surface area contributed by atoms with Gasteiger partial charge in [0.2, 0.25) is 0 Å². The van der Waals surface area contributed by atoms with Crippen molar-refractivity contribution in [1.29, 1.82) is 5.41 Å². The van der Waals surface area contributed by atoms with Crippen molar-refractivity contribution >= 4 is 45.9 Å². The van der Waals surface area contributed by atoms with Gasteiger partial charge in [0.15, 0.2) is 0 Å². The van der Waals surface area contributed by atoms with E-state index in [1.807, 2.05) is 19.9 Å². The molecule has 0 radical (unpaired) electrons. The zero-order valence-corrected chi connectivity index (χ0v) is 19.3. The highest BCUT2D eigenvalue weighted by molar-refractivity contribution is 6.68. The van der Waals surface area contributed by atoms with Crippen LogP contribution in [-0.4, -0.2) is 31.3 Å². The minimum atomic E-state index is -0.395. The molecule has 0 saturated heterocycles. The summed E-state index contributed by atoms with van der Waals surface area (Å²) in [6.07, 6.45) is 0.741. The Morgan fingerprint density at radius 1 is 1.17 bits per heavy atom. The number of carbonyl (C=O) groups excluding carboxylic acids is 1. The Morgan fingerprint density at radius 3 is 2.41 bits per heavy atom. The number of allylic oxidation sites excluding steroid dienone is 2. The number of halogens is 3. The number of ether oxygens (including phenoxy) is 1. The lowest BCUT2D eigenvalue weighted by Gasteiger charge is -2.19. The summed E-state index contributed by atoms with van der Waals surface area (Å²) in [6.45, 7) is 6.80. The van der Waals surface area contributed by atoms with Gasteiger partial charge in [-0.25, -0.2) is 0 Å².